The summed E-state index contributed by atoms with van der Waals surface area (Å²) in [6.07, 6.45) is 1.91. The van der Waals surface area contributed by atoms with E-state index in [9.17, 15) is 4.79 Å². The highest BCUT2D eigenvalue weighted by molar-refractivity contribution is 5.83. The molecule has 0 amide bonds. The molecule has 2 aromatic rings. The van der Waals surface area contributed by atoms with E-state index in [1.807, 2.05) is 6.92 Å². The zero-order chi connectivity index (χ0) is 15.6. The van der Waals surface area contributed by atoms with Crippen molar-refractivity contribution in [3.05, 3.63) is 59.7 Å². The summed E-state index contributed by atoms with van der Waals surface area (Å²) in [5.41, 5.74) is 4.56. The summed E-state index contributed by atoms with van der Waals surface area (Å²) in [4.78, 5) is 11.9. The first-order chi connectivity index (χ1) is 10.8. The molecule has 0 spiro atoms. The number of hydrogen-bond donors (Lipinski definition) is 0. The maximum atomic E-state index is 11.9. The molecule has 22 heavy (non-hydrogen) atoms. The molecule has 2 aromatic carbocycles. The minimum atomic E-state index is -0.361. The summed E-state index contributed by atoms with van der Waals surface area (Å²) in [6.45, 7) is 5.29. The van der Waals surface area contributed by atoms with Crippen LogP contribution in [0, 0.1) is 5.92 Å². The van der Waals surface area contributed by atoms with Crippen LogP contribution in [0.3, 0.4) is 0 Å². The van der Waals surface area contributed by atoms with Gasteiger partial charge < -0.3 is 9.53 Å². The van der Waals surface area contributed by atoms with Crippen molar-refractivity contribution in [3.8, 4) is 11.1 Å². The Bertz CT molecular complexity index is 629. The van der Waals surface area contributed by atoms with Gasteiger partial charge in [0.2, 0.25) is 0 Å². The molecule has 1 unspecified atom stereocenters. The lowest BCUT2D eigenvalue weighted by Crippen LogP contribution is -2.40. The first kappa shape index (κ1) is 15.0. The molecule has 0 saturated carbocycles. The molecule has 0 aliphatic heterocycles. The molecule has 0 fully saturated rings. The molecule has 114 valence electrons. The first-order valence-electron chi connectivity index (χ1n) is 8.02. The Morgan fingerprint density at radius 3 is 2.00 bits per heavy atom. The van der Waals surface area contributed by atoms with E-state index in [0.29, 0.717) is 13.2 Å². The largest absolute Gasteiger partial charge is 0.380 e. The molecule has 1 aliphatic carbocycles. The smallest absolute Gasteiger partial charge is 0.124 e. The molecule has 3 rings (SSSR count). The molecule has 0 N–H and O–H groups in total. The number of benzene rings is 2. The van der Waals surface area contributed by atoms with Gasteiger partial charge in [-0.3, -0.25) is 0 Å². The quantitative estimate of drug-likeness (QED) is 0.746. The zero-order valence-electron chi connectivity index (χ0n) is 13.2. The van der Waals surface area contributed by atoms with Crippen LogP contribution in [0.2, 0.25) is 0 Å². The van der Waals surface area contributed by atoms with Crippen molar-refractivity contribution in [1.82, 2.24) is 0 Å². The van der Waals surface area contributed by atoms with Gasteiger partial charge in [-0.1, -0.05) is 55.5 Å². The fourth-order valence-electron chi connectivity index (χ4n) is 3.84. The molecule has 2 heteroatoms. The minimum absolute atomic E-state index is 0.0798. The predicted octanol–water partition coefficient (Wildman–Crippen LogP) is 4.21. The van der Waals surface area contributed by atoms with Crippen LogP contribution in [-0.2, 0) is 14.9 Å². The number of ether oxygens (including phenoxy) is 1. The second-order valence-corrected chi connectivity index (χ2v) is 5.85. The summed E-state index contributed by atoms with van der Waals surface area (Å²) >= 11 is 0. The topological polar surface area (TPSA) is 26.3 Å². The van der Waals surface area contributed by atoms with E-state index < -0.39 is 0 Å². The van der Waals surface area contributed by atoms with Gasteiger partial charge in [-0.2, -0.15) is 0 Å². The fourth-order valence-corrected chi connectivity index (χ4v) is 3.84. The Morgan fingerprint density at radius 1 is 1.00 bits per heavy atom. The summed E-state index contributed by atoms with van der Waals surface area (Å²) in [5.74, 6) is -0.0798. The van der Waals surface area contributed by atoms with E-state index in [1.165, 1.54) is 22.3 Å². The first-order valence-corrected chi connectivity index (χ1v) is 8.02. The number of carbonyl (C=O) groups is 1. The van der Waals surface area contributed by atoms with Gasteiger partial charge in [0.05, 0.1) is 12.0 Å². The van der Waals surface area contributed by atoms with Crippen molar-refractivity contribution < 1.29 is 9.53 Å². The summed E-state index contributed by atoms with van der Waals surface area (Å²) in [5, 5.41) is 0. The Labute approximate surface area is 132 Å². The van der Waals surface area contributed by atoms with Crippen molar-refractivity contribution in [2.75, 3.05) is 13.2 Å². The molecular formula is C20H22O2. The Balaban J connectivity index is 2.30. The van der Waals surface area contributed by atoms with Gasteiger partial charge in [0.1, 0.15) is 6.29 Å². The second kappa shape index (κ2) is 6.05. The zero-order valence-corrected chi connectivity index (χ0v) is 13.2. The van der Waals surface area contributed by atoms with E-state index >= 15 is 0 Å². The lowest BCUT2D eigenvalue weighted by Gasteiger charge is -2.36. The Morgan fingerprint density at radius 2 is 1.55 bits per heavy atom. The average molecular weight is 294 g/mol. The van der Waals surface area contributed by atoms with Gasteiger partial charge in [-0.05, 0) is 35.6 Å². The molecule has 0 aromatic heterocycles. The van der Waals surface area contributed by atoms with Crippen molar-refractivity contribution in [3.63, 3.8) is 0 Å². The predicted molar refractivity (Wildman–Crippen MR) is 89.0 cm³/mol. The van der Waals surface area contributed by atoms with Gasteiger partial charge in [0.15, 0.2) is 0 Å². The van der Waals surface area contributed by atoms with Crippen molar-refractivity contribution in [1.29, 1.82) is 0 Å². The van der Waals surface area contributed by atoms with Gasteiger partial charge >= 0.3 is 0 Å². The molecule has 0 saturated heterocycles. The van der Waals surface area contributed by atoms with Crippen molar-refractivity contribution in [2.45, 2.75) is 25.7 Å². The summed E-state index contributed by atoms with van der Waals surface area (Å²) in [7, 11) is 0. The Kier molecular flexibility index (Phi) is 4.12. The maximum Gasteiger partial charge on any atom is 0.124 e. The minimum Gasteiger partial charge on any atom is -0.380 e. The molecule has 1 atom stereocenters. The van der Waals surface area contributed by atoms with Gasteiger partial charge in [-0.25, -0.2) is 0 Å². The van der Waals surface area contributed by atoms with Crippen molar-refractivity contribution >= 4 is 6.29 Å². The van der Waals surface area contributed by atoms with Crippen LogP contribution in [0.1, 0.15) is 31.4 Å². The molecule has 2 nitrogen and oxygen atoms in total. The number of hydrogen-bond acceptors (Lipinski definition) is 2. The van der Waals surface area contributed by atoms with Gasteiger partial charge in [0.25, 0.3) is 0 Å². The van der Waals surface area contributed by atoms with Crippen LogP contribution in [0.4, 0.5) is 0 Å². The van der Waals surface area contributed by atoms with Gasteiger partial charge in [-0.15, -0.1) is 0 Å². The third-order valence-corrected chi connectivity index (χ3v) is 4.88. The summed E-state index contributed by atoms with van der Waals surface area (Å²) in [6, 6.07) is 16.9. The molecular weight excluding hydrogens is 272 g/mol. The van der Waals surface area contributed by atoms with Crippen LogP contribution in [0.25, 0.3) is 11.1 Å². The lowest BCUT2D eigenvalue weighted by molar-refractivity contribution is -0.113. The lowest BCUT2D eigenvalue weighted by atomic mass is 9.68. The van der Waals surface area contributed by atoms with E-state index in [1.54, 1.807) is 0 Å². The van der Waals surface area contributed by atoms with Crippen LogP contribution in [-0.4, -0.2) is 19.5 Å². The van der Waals surface area contributed by atoms with Gasteiger partial charge in [0, 0.05) is 12.5 Å². The highest BCUT2D eigenvalue weighted by Gasteiger charge is 2.48. The van der Waals surface area contributed by atoms with Crippen LogP contribution in [0.15, 0.2) is 48.5 Å². The Hall–Kier alpha value is -1.93. The average Bonchev–Trinajstić information content (AvgIpc) is 2.86. The normalized spacial score (nSPS) is 15.9. The van der Waals surface area contributed by atoms with Crippen LogP contribution in [0.5, 0.6) is 0 Å². The van der Waals surface area contributed by atoms with E-state index in [2.05, 4.69) is 55.5 Å². The standard InChI is InChI=1S/C20H22O2/c1-3-15(13-21)20(14-22-4-2)18-11-7-5-9-16(18)17-10-6-8-12-19(17)20/h5-13,15H,3-4,14H2,1-2H3. The molecule has 1 aliphatic rings. The molecule has 0 bridgehead atoms. The number of fused-ring (bicyclic) bond motifs is 3. The summed E-state index contributed by atoms with van der Waals surface area (Å²) < 4.78 is 5.86. The maximum absolute atomic E-state index is 11.9. The van der Waals surface area contributed by atoms with Crippen LogP contribution >= 0.6 is 0 Å². The number of rotatable bonds is 6. The monoisotopic (exact) mass is 294 g/mol. The number of aldehydes is 1. The van der Waals surface area contributed by atoms with Crippen molar-refractivity contribution in [2.24, 2.45) is 5.92 Å². The van der Waals surface area contributed by atoms with E-state index in [-0.39, 0.29) is 11.3 Å². The highest BCUT2D eigenvalue weighted by Crippen LogP contribution is 2.53. The second-order valence-electron chi connectivity index (χ2n) is 5.85. The third-order valence-electron chi connectivity index (χ3n) is 4.88. The fraction of sp³-hybridized carbons (Fsp3) is 0.350. The van der Waals surface area contributed by atoms with E-state index in [0.717, 1.165) is 12.7 Å². The third kappa shape index (κ3) is 2.02. The SMILES string of the molecule is CCOCC1(C(C=O)CC)c2ccccc2-c2ccccc21. The molecule has 0 heterocycles. The highest BCUT2D eigenvalue weighted by atomic mass is 16.5. The van der Waals surface area contributed by atoms with Crippen LogP contribution < -0.4 is 0 Å². The number of carbonyl (C=O) groups excluding carboxylic acids is 1. The molecule has 0 radical (unpaired) electrons. The van der Waals surface area contributed by atoms with E-state index in [4.69, 9.17) is 4.74 Å².